The highest BCUT2D eigenvalue weighted by molar-refractivity contribution is 7.09. The number of carbonyl (C=O) groups is 1. The number of aromatic nitrogens is 2. The Kier molecular flexibility index (Phi) is 4.06. The predicted molar refractivity (Wildman–Crippen MR) is 78.7 cm³/mol. The van der Waals surface area contributed by atoms with E-state index in [0.717, 1.165) is 25.9 Å². The van der Waals surface area contributed by atoms with Crippen molar-refractivity contribution >= 4 is 17.2 Å². The summed E-state index contributed by atoms with van der Waals surface area (Å²) >= 11 is 1.70. The SMILES string of the molecule is O=C(c1ccccn1)N1CCCC(Cc2nccs2)C1. The average molecular weight is 287 g/mol. The first kappa shape index (κ1) is 13.2. The lowest BCUT2D eigenvalue weighted by Gasteiger charge is -2.32. The van der Waals surface area contributed by atoms with Crippen LogP contribution in [0.3, 0.4) is 0 Å². The zero-order valence-electron chi connectivity index (χ0n) is 11.2. The summed E-state index contributed by atoms with van der Waals surface area (Å²) in [6.07, 6.45) is 6.73. The molecule has 1 amide bonds. The lowest BCUT2D eigenvalue weighted by atomic mass is 9.95. The van der Waals surface area contributed by atoms with Crippen molar-refractivity contribution in [3.63, 3.8) is 0 Å². The van der Waals surface area contributed by atoms with Gasteiger partial charge in [-0.05, 0) is 30.9 Å². The van der Waals surface area contributed by atoms with Crippen molar-refractivity contribution in [1.82, 2.24) is 14.9 Å². The molecule has 4 nitrogen and oxygen atoms in total. The van der Waals surface area contributed by atoms with Crippen molar-refractivity contribution in [3.05, 3.63) is 46.7 Å². The molecule has 2 aromatic heterocycles. The molecule has 1 fully saturated rings. The molecule has 0 N–H and O–H groups in total. The van der Waals surface area contributed by atoms with Crippen molar-refractivity contribution in [2.75, 3.05) is 13.1 Å². The molecule has 2 aromatic rings. The number of hydrogen-bond donors (Lipinski definition) is 0. The molecule has 0 spiro atoms. The van der Waals surface area contributed by atoms with E-state index >= 15 is 0 Å². The fourth-order valence-electron chi connectivity index (χ4n) is 2.67. The zero-order chi connectivity index (χ0) is 13.8. The Bertz CT molecular complexity index is 556. The fourth-order valence-corrected chi connectivity index (χ4v) is 3.40. The highest BCUT2D eigenvalue weighted by Crippen LogP contribution is 2.22. The van der Waals surface area contributed by atoms with Gasteiger partial charge in [0.05, 0.1) is 5.01 Å². The van der Waals surface area contributed by atoms with Crippen LogP contribution in [0.4, 0.5) is 0 Å². The first-order chi connectivity index (χ1) is 9.83. The fraction of sp³-hybridized carbons (Fsp3) is 0.400. The minimum absolute atomic E-state index is 0.0504. The molecule has 3 rings (SSSR count). The van der Waals surface area contributed by atoms with Crippen molar-refractivity contribution in [2.24, 2.45) is 5.92 Å². The number of piperidine rings is 1. The molecular weight excluding hydrogens is 270 g/mol. The van der Waals surface area contributed by atoms with Gasteiger partial charge in [0.15, 0.2) is 0 Å². The van der Waals surface area contributed by atoms with Gasteiger partial charge in [-0.15, -0.1) is 11.3 Å². The van der Waals surface area contributed by atoms with Crippen LogP contribution in [0.15, 0.2) is 36.0 Å². The minimum Gasteiger partial charge on any atom is -0.337 e. The molecule has 0 aliphatic carbocycles. The standard InChI is InChI=1S/C15H17N3OS/c19-15(13-5-1-2-6-16-13)18-8-3-4-12(11-18)10-14-17-7-9-20-14/h1-2,5-7,9,12H,3-4,8,10-11H2. The smallest absolute Gasteiger partial charge is 0.272 e. The molecule has 1 saturated heterocycles. The molecule has 0 saturated carbocycles. The van der Waals surface area contributed by atoms with Gasteiger partial charge in [-0.25, -0.2) is 4.98 Å². The zero-order valence-corrected chi connectivity index (χ0v) is 12.1. The van der Waals surface area contributed by atoms with Gasteiger partial charge in [0.25, 0.3) is 5.91 Å². The van der Waals surface area contributed by atoms with Gasteiger partial charge in [-0.3, -0.25) is 9.78 Å². The van der Waals surface area contributed by atoms with E-state index in [4.69, 9.17) is 0 Å². The van der Waals surface area contributed by atoms with Crippen LogP contribution in [0, 0.1) is 5.92 Å². The average Bonchev–Trinajstić information content (AvgIpc) is 3.01. The normalized spacial score (nSPS) is 19.0. The Morgan fingerprint density at radius 3 is 3.05 bits per heavy atom. The molecule has 0 radical (unpaired) electrons. The molecule has 1 atom stereocenters. The molecule has 0 bridgehead atoms. The van der Waals surface area contributed by atoms with E-state index in [1.165, 1.54) is 11.4 Å². The van der Waals surface area contributed by atoms with Crippen molar-refractivity contribution in [2.45, 2.75) is 19.3 Å². The van der Waals surface area contributed by atoms with Crippen LogP contribution in [0.5, 0.6) is 0 Å². The highest BCUT2D eigenvalue weighted by Gasteiger charge is 2.25. The third-order valence-corrected chi connectivity index (χ3v) is 4.44. The first-order valence-corrected chi connectivity index (χ1v) is 7.79. The van der Waals surface area contributed by atoms with Crippen molar-refractivity contribution < 1.29 is 4.79 Å². The Morgan fingerprint density at radius 2 is 2.30 bits per heavy atom. The van der Waals surface area contributed by atoms with Crippen LogP contribution in [0.1, 0.15) is 28.3 Å². The number of amides is 1. The summed E-state index contributed by atoms with van der Waals surface area (Å²) in [6, 6.07) is 5.47. The van der Waals surface area contributed by atoms with Crippen LogP contribution < -0.4 is 0 Å². The number of likely N-dealkylation sites (tertiary alicyclic amines) is 1. The Balaban J connectivity index is 1.64. The summed E-state index contributed by atoms with van der Waals surface area (Å²) in [5.41, 5.74) is 0.544. The number of hydrogen-bond acceptors (Lipinski definition) is 4. The number of pyridine rings is 1. The van der Waals surface area contributed by atoms with E-state index in [-0.39, 0.29) is 5.91 Å². The van der Waals surface area contributed by atoms with Crippen LogP contribution in [-0.4, -0.2) is 33.9 Å². The Morgan fingerprint density at radius 1 is 1.35 bits per heavy atom. The van der Waals surface area contributed by atoms with E-state index in [9.17, 15) is 4.79 Å². The van der Waals surface area contributed by atoms with Crippen molar-refractivity contribution in [3.8, 4) is 0 Å². The molecule has 1 aliphatic rings. The van der Waals surface area contributed by atoms with Gasteiger partial charge in [0.2, 0.25) is 0 Å². The highest BCUT2D eigenvalue weighted by atomic mass is 32.1. The van der Waals surface area contributed by atoms with Crippen LogP contribution >= 0.6 is 11.3 Å². The maximum Gasteiger partial charge on any atom is 0.272 e. The number of thiazole rings is 1. The summed E-state index contributed by atoms with van der Waals surface area (Å²) in [6.45, 7) is 1.65. The molecule has 20 heavy (non-hydrogen) atoms. The van der Waals surface area contributed by atoms with Crippen LogP contribution in [0.25, 0.3) is 0 Å². The van der Waals surface area contributed by atoms with E-state index < -0.39 is 0 Å². The van der Waals surface area contributed by atoms with Gasteiger partial charge in [0.1, 0.15) is 5.69 Å². The van der Waals surface area contributed by atoms with Gasteiger partial charge >= 0.3 is 0 Å². The lowest BCUT2D eigenvalue weighted by Crippen LogP contribution is -2.40. The maximum atomic E-state index is 12.4. The van der Waals surface area contributed by atoms with Gasteiger partial charge in [-0.2, -0.15) is 0 Å². The van der Waals surface area contributed by atoms with Crippen molar-refractivity contribution in [1.29, 1.82) is 0 Å². The van der Waals surface area contributed by atoms with Crippen LogP contribution in [-0.2, 0) is 6.42 Å². The Labute approximate surface area is 122 Å². The third kappa shape index (κ3) is 3.04. The molecule has 104 valence electrons. The summed E-state index contributed by atoms with van der Waals surface area (Å²) in [4.78, 5) is 22.8. The van der Waals surface area contributed by atoms with Gasteiger partial charge in [0, 0.05) is 37.3 Å². The maximum absolute atomic E-state index is 12.4. The second-order valence-corrected chi connectivity index (χ2v) is 6.08. The summed E-state index contributed by atoms with van der Waals surface area (Å²) in [5.74, 6) is 0.567. The predicted octanol–water partition coefficient (Wildman–Crippen LogP) is 2.63. The summed E-state index contributed by atoms with van der Waals surface area (Å²) < 4.78 is 0. The van der Waals surface area contributed by atoms with E-state index in [2.05, 4.69) is 9.97 Å². The van der Waals surface area contributed by atoms with E-state index in [1.807, 2.05) is 28.6 Å². The van der Waals surface area contributed by atoms with Gasteiger partial charge in [-0.1, -0.05) is 6.07 Å². The number of nitrogens with zero attached hydrogens (tertiary/aromatic N) is 3. The Hall–Kier alpha value is -1.75. The second-order valence-electron chi connectivity index (χ2n) is 5.10. The van der Waals surface area contributed by atoms with Gasteiger partial charge < -0.3 is 4.90 Å². The summed E-state index contributed by atoms with van der Waals surface area (Å²) in [5, 5.41) is 3.18. The first-order valence-electron chi connectivity index (χ1n) is 6.91. The van der Waals surface area contributed by atoms with E-state index in [0.29, 0.717) is 11.6 Å². The summed E-state index contributed by atoms with van der Waals surface area (Å²) in [7, 11) is 0. The lowest BCUT2D eigenvalue weighted by molar-refractivity contribution is 0.0667. The van der Waals surface area contributed by atoms with E-state index in [1.54, 1.807) is 23.6 Å². The number of rotatable bonds is 3. The largest absolute Gasteiger partial charge is 0.337 e. The molecule has 3 heterocycles. The molecule has 5 heteroatoms. The monoisotopic (exact) mass is 287 g/mol. The quantitative estimate of drug-likeness (QED) is 0.872. The minimum atomic E-state index is 0.0504. The number of carbonyl (C=O) groups excluding carboxylic acids is 1. The molecule has 0 aromatic carbocycles. The molecule has 1 aliphatic heterocycles. The third-order valence-electron chi connectivity index (χ3n) is 3.64. The molecule has 1 unspecified atom stereocenters. The topological polar surface area (TPSA) is 46.1 Å². The second kappa shape index (κ2) is 6.13. The van der Waals surface area contributed by atoms with Crippen LogP contribution in [0.2, 0.25) is 0 Å². The molecular formula is C15H17N3OS.